The maximum atomic E-state index is 12.9. The van der Waals surface area contributed by atoms with Gasteiger partial charge in [-0.2, -0.15) is 0 Å². The van der Waals surface area contributed by atoms with Gasteiger partial charge in [0.25, 0.3) is 0 Å². The third-order valence-electron chi connectivity index (χ3n) is 6.90. The van der Waals surface area contributed by atoms with Crippen molar-refractivity contribution in [1.82, 2.24) is 14.9 Å². The summed E-state index contributed by atoms with van der Waals surface area (Å²) in [4.78, 5) is 17.8. The van der Waals surface area contributed by atoms with E-state index in [1.807, 2.05) is 56.3 Å². The van der Waals surface area contributed by atoms with Crippen LogP contribution in [0.2, 0.25) is 0 Å². The Morgan fingerprint density at radius 1 is 0.909 bits per heavy atom. The number of carbonyl (C=O) groups is 1. The van der Waals surface area contributed by atoms with Gasteiger partial charge in [0, 0.05) is 6.54 Å². The van der Waals surface area contributed by atoms with Gasteiger partial charge < -0.3 is 9.88 Å². The highest BCUT2D eigenvalue weighted by Crippen LogP contribution is 2.27. The lowest BCUT2D eigenvalue weighted by Gasteiger charge is -2.20. The molecule has 0 radical (unpaired) electrons. The van der Waals surface area contributed by atoms with Gasteiger partial charge in [-0.15, -0.1) is 0 Å². The van der Waals surface area contributed by atoms with Gasteiger partial charge in [-0.25, -0.2) is 4.98 Å². The van der Waals surface area contributed by atoms with Gasteiger partial charge in [-0.3, -0.25) is 4.79 Å². The van der Waals surface area contributed by atoms with E-state index in [1.165, 1.54) is 27.8 Å². The predicted octanol–water partition coefficient (Wildman–Crippen LogP) is 6.05. The molecular formula is C29H33N3O. The number of aryl methyl sites for hydroxylation is 3. The largest absolute Gasteiger partial charge is 0.346 e. The fourth-order valence-electron chi connectivity index (χ4n) is 4.62. The van der Waals surface area contributed by atoms with Crippen LogP contribution in [0.4, 0.5) is 0 Å². The Bertz CT molecular complexity index is 1310. The first-order chi connectivity index (χ1) is 15.8. The van der Waals surface area contributed by atoms with E-state index >= 15 is 0 Å². The second-order valence-electron chi connectivity index (χ2n) is 9.18. The van der Waals surface area contributed by atoms with Crippen LogP contribution in [0.25, 0.3) is 11.0 Å². The molecule has 0 spiro atoms. The monoisotopic (exact) mass is 439 g/mol. The lowest BCUT2D eigenvalue weighted by atomic mass is 9.94. The van der Waals surface area contributed by atoms with Crippen molar-refractivity contribution in [3.8, 4) is 0 Å². The number of nitrogens with one attached hydrogen (secondary N) is 1. The van der Waals surface area contributed by atoms with Gasteiger partial charge in [0.15, 0.2) is 0 Å². The second-order valence-corrected chi connectivity index (χ2v) is 9.18. The van der Waals surface area contributed by atoms with Crippen LogP contribution in [0, 0.1) is 34.6 Å². The molecule has 0 saturated carbocycles. The number of rotatable bonds is 6. The highest BCUT2D eigenvalue weighted by molar-refractivity contribution is 5.80. The Hall–Kier alpha value is -3.40. The van der Waals surface area contributed by atoms with E-state index in [1.54, 1.807) is 0 Å². The van der Waals surface area contributed by atoms with Crippen molar-refractivity contribution in [3.63, 3.8) is 0 Å². The summed E-state index contributed by atoms with van der Waals surface area (Å²) in [5.74, 6) is 0.890. The molecule has 0 bridgehead atoms. The molecule has 0 aliphatic carbocycles. The van der Waals surface area contributed by atoms with Crippen molar-refractivity contribution in [2.75, 3.05) is 0 Å². The van der Waals surface area contributed by atoms with Crippen molar-refractivity contribution in [1.29, 1.82) is 0 Å². The third-order valence-corrected chi connectivity index (χ3v) is 6.90. The zero-order valence-electron chi connectivity index (χ0n) is 20.5. The Labute approximate surface area is 196 Å². The average molecular weight is 440 g/mol. The number of carbonyl (C=O) groups excluding carboxylic acids is 1. The number of benzene rings is 3. The standard InChI is InChI=1S/C29H33N3O/c1-18-11-7-8-12-24(18)16-28(33)30-23(6)29-31-26-13-9-10-14-27(26)32(29)17-25-21(4)19(2)15-20(3)22(25)5/h7-15,23H,16-17H2,1-6H3,(H,30,33). The molecule has 4 nitrogen and oxygen atoms in total. The highest BCUT2D eigenvalue weighted by Gasteiger charge is 2.20. The number of fused-ring (bicyclic) bond motifs is 1. The summed E-state index contributed by atoms with van der Waals surface area (Å²) in [7, 11) is 0. The summed E-state index contributed by atoms with van der Waals surface area (Å²) in [6.45, 7) is 13.5. The van der Waals surface area contributed by atoms with Crippen molar-refractivity contribution < 1.29 is 4.79 Å². The molecule has 1 atom stereocenters. The molecule has 3 aromatic carbocycles. The molecule has 1 heterocycles. The molecular weight excluding hydrogens is 406 g/mol. The molecule has 4 aromatic rings. The molecule has 170 valence electrons. The highest BCUT2D eigenvalue weighted by atomic mass is 16.1. The van der Waals surface area contributed by atoms with Crippen LogP contribution >= 0.6 is 0 Å². The first kappa shape index (κ1) is 22.8. The SMILES string of the molecule is Cc1ccccc1CC(=O)NC(C)c1nc2ccccc2n1Cc1c(C)c(C)cc(C)c1C. The van der Waals surface area contributed by atoms with E-state index in [4.69, 9.17) is 4.98 Å². The molecule has 1 unspecified atom stereocenters. The molecule has 0 fully saturated rings. The van der Waals surface area contributed by atoms with Crippen molar-refractivity contribution in [2.45, 2.75) is 60.5 Å². The number of aromatic nitrogens is 2. The number of amides is 1. The minimum Gasteiger partial charge on any atom is -0.346 e. The molecule has 33 heavy (non-hydrogen) atoms. The average Bonchev–Trinajstić information content (AvgIpc) is 3.15. The maximum Gasteiger partial charge on any atom is 0.225 e. The molecule has 0 aliphatic heterocycles. The number of hydrogen-bond acceptors (Lipinski definition) is 2. The van der Waals surface area contributed by atoms with E-state index < -0.39 is 0 Å². The fraction of sp³-hybridized carbons (Fsp3) is 0.310. The van der Waals surface area contributed by atoms with Crippen molar-refractivity contribution in [3.05, 3.63) is 99.4 Å². The Kier molecular flexibility index (Phi) is 6.37. The summed E-state index contributed by atoms with van der Waals surface area (Å²) >= 11 is 0. The normalized spacial score (nSPS) is 12.2. The number of imidazole rings is 1. The molecule has 4 rings (SSSR count). The van der Waals surface area contributed by atoms with Crippen LogP contribution in [0.15, 0.2) is 54.6 Å². The van der Waals surface area contributed by atoms with Crippen LogP contribution in [0.5, 0.6) is 0 Å². The molecule has 1 amide bonds. The van der Waals surface area contributed by atoms with Gasteiger partial charge in [-0.05, 0) is 92.6 Å². The van der Waals surface area contributed by atoms with Crippen LogP contribution in [-0.2, 0) is 17.8 Å². The van der Waals surface area contributed by atoms with Crippen LogP contribution in [0.3, 0.4) is 0 Å². The fourth-order valence-corrected chi connectivity index (χ4v) is 4.62. The first-order valence-corrected chi connectivity index (χ1v) is 11.6. The summed E-state index contributed by atoms with van der Waals surface area (Å²) in [6, 6.07) is 18.3. The molecule has 0 saturated heterocycles. The molecule has 4 heteroatoms. The summed E-state index contributed by atoms with van der Waals surface area (Å²) < 4.78 is 2.27. The number of para-hydroxylation sites is 2. The topological polar surface area (TPSA) is 46.9 Å². The zero-order valence-corrected chi connectivity index (χ0v) is 20.5. The maximum absolute atomic E-state index is 12.9. The Balaban J connectivity index is 1.68. The van der Waals surface area contributed by atoms with E-state index in [0.29, 0.717) is 6.42 Å². The van der Waals surface area contributed by atoms with Gasteiger partial charge in [0.2, 0.25) is 5.91 Å². The van der Waals surface area contributed by atoms with Gasteiger partial charge >= 0.3 is 0 Å². The van der Waals surface area contributed by atoms with E-state index in [2.05, 4.69) is 49.7 Å². The minimum atomic E-state index is -0.208. The van der Waals surface area contributed by atoms with E-state index in [0.717, 1.165) is 34.5 Å². The minimum absolute atomic E-state index is 0.00849. The van der Waals surface area contributed by atoms with Crippen LogP contribution in [0.1, 0.15) is 57.7 Å². The van der Waals surface area contributed by atoms with Crippen molar-refractivity contribution >= 4 is 16.9 Å². The van der Waals surface area contributed by atoms with Crippen LogP contribution < -0.4 is 5.32 Å². The summed E-state index contributed by atoms with van der Waals surface area (Å²) in [5, 5.41) is 3.19. The number of nitrogens with zero attached hydrogens (tertiary/aromatic N) is 2. The van der Waals surface area contributed by atoms with Gasteiger partial charge in [0.1, 0.15) is 5.82 Å². The second kappa shape index (κ2) is 9.22. The Morgan fingerprint density at radius 3 is 2.24 bits per heavy atom. The quantitative estimate of drug-likeness (QED) is 0.398. The third kappa shape index (κ3) is 4.56. The first-order valence-electron chi connectivity index (χ1n) is 11.6. The smallest absolute Gasteiger partial charge is 0.225 e. The molecule has 1 aromatic heterocycles. The van der Waals surface area contributed by atoms with Gasteiger partial charge in [0.05, 0.1) is 23.5 Å². The zero-order chi connectivity index (χ0) is 23.7. The van der Waals surface area contributed by atoms with Crippen molar-refractivity contribution in [2.24, 2.45) is 0 Å². The Morgan fingerprint density at radius 2 is 1.55 bits per heavy atom. The lowest BCUT2D eigenvalue weighted by molar-refractivity contribution is -0.121. The summed E-state index contributed by atoms with van der Waals surface area (Å²) in [6.07, 6.45) is 0.368. The van der Waals surface area contributed by atoms with Crippen LogP contribution in [-0.4, -0.2) is 15.5 Å². The number of hydrogen-bond donors (Lipinski definition) is 1. The lowest BCUT2D eigenvalue weighted by Crippen LogP contribution is -2.30. The molecule has 1 N–H and O–H groups in total. The molecule has 0 aliphatic rings. The van der Waals surface area contributed by atoms with E-state index in [-0.39, 0.29) is 11.9 Å². The predicted molar refractivity (Wildman–Crippen MR) is 136 cm³/mol. The summed E-state index contributed by atoms with van der Waals surface area (Å²) in [5.41, 5.74) is 10.8. The van der Waals surface area contributed by atoms with Gasteiger partial charge in [-0.1, -0.05) is 42.5 Å². The van der Waals surface area contributed by atoms with E-state index in [9.17, 15) is 4.79 Å².